The number of aromatic nitrogens is 5. The number of nitrogens with two attached hydrogens (primary N) is 2. The highest BCUT2D eigenvalue weighted by Gasteiger charge is 2.08. The highest BCUT2D eigenvalue weighted by Crippen LogP contribution is 2.19. The molecular weight excluding hydrogens is 410 g/mol. The second kappa shape index (κ2) is 17.8. The quantitative estimate of drug-likeness (QED) is 0.398. The number of anilines is 2. The summed E-state index contributed by atoms with van der Waals surface area (Å²) >= 11 is 0. The fourth-order valence-corrected chi connectivity index (χ4v) is 3.29. The molecule has 4 rings (SSSR count). The van der Waals surface area contributed by atoms with Gasteiger partial charge in [-0.1, -0.05) is 105 Å². The van der Waals surface area contributed by atoms with E-state index in [1.54, 1.807) is 35.2 Å². The zero-order valence-corrected chi connectivity index (χ0v) is 21.3. The molecule has 3 aromatic heterocycles. The first kappa shape index (κ1) is 28.3. The van der Waals surface area contributed by atoms with E-state index in [4.69, 9.17) is 11.5 Å². The number of nitrogens with zero attached hydrogens (tertiary/aromatic N) is 5. The largest absolute Gasteiger partial charge is 0.382 e. The average molecular weight is 456 g/mol. The molecule has 3 heterocycles. The predicted molar refractivity (Wildman–Crippen MR) is 141 cm³/mol. The zero-order chi connectivity index (χ0) is 24.3. The molecule has 0 amide bonds. The molecule has 0 aromatic carbocycles. The van der Waals surface area contributed by atoms with Crippen LogP contribution in [0.25, 0.3) is 16.9 Å². The third-order valence-corrected chi connectivity index (χ3v) is 5.06. The second-order valence-corrected chi connectivity index (χ2v) is 8.39. The maximum atomic E-state index is 5.64. The Morgan fingerprint density at radius 3 is 1.73 bits per heavy atom. The summed E-state index contributed by atoms with van der Waals surface area (Å²) < 4.78 is 1.64. The lowest BCUT2D eigenvalue weighted by molar-refractivity contribution is 0.504. The fourth-order valence-electron chi connectivity index (χ4n) is 3.29. The predicted octanol–water partition coefficient (Wildman–Crippen LogP) is 7.08. The number of unbranched alkanes of at least 4 members (excludes halogenated alkanes) is 4. The van der Waals surface area contributed by atoms with Crippen LogP contribution in [0.1, 0.15) is 105 Å². The molecule has 184 valence electrons. The van der Waals surface area contributed by atoms with Crippen LogP contribution < -0.4 is 11.5 Å². The molecule has 3 aromatic rings. The van der Waals surface area contributed by atoms with Crippen LogP contribution in [-0.2, 0) is 0 Å². The summed E-state index contributed by atoms with van der Waals surface area (Å²) in [5.41, 5.74) is 13.3. The molecule has 0 bridgehead atoms. The van der Waals surface area contributed by atoms with Crippen LogP contribution in [0.3, 0.4) is 0 Å². The molecule has 1 fully saturated rings. The molecule has 1 aliphatic carbocycles. The topological polar surface area (TPSA) is 108 Å². The van der Waals surface area contributed by atoms with Crippen LogP contribution in [-0.4, -0.2) is 24.6 Å². The molecule has 1 aliphatic rings. The molecule has 7 nitrogen and oxygen atoms in total. The molecule has 4 N–H and O–H groups in total. The summed E-state index contributed by atoms with van der Waals surface area (Å²) in [6, 6.07) is 3.50. The second-order valence-electron chi connectivity index (χ2n) is 8.39. The van der Waals surface area contributed by atoms with Gasteiger partial charge in [-0.3, -0.25) is 0 Å². The van der Waals surface area contributed by atoms with Crippen molar-refractivity contribution in [1.29, 1.82) is 0 Å². The first-order valence-electron chi connectivity index (χ1n) is 12.7. The van der Waals surface area contributed by atoms with E-state index in [0.29, 0.717) is 11.5 Å². The monoisotopic (exact) mass is 455 g/mol. The van der Waals surface area contributed by atoms with Crippen LogP contribution in [0, 0.1) is 0 Å². The van der Waals surface area contributed by atoms with E-state index in [2.05, 4.69) is 47.7 Å². The SMILES string of the molecule is C1CCCCC1.CCC.CCCCCCC.Nc1ccc2ncc(-c3cnc(N)nc3)n2n1. The van der Waals surface area contributed by atoms with Gasteiger partial charge in [0.25, 0.3) is 0 Å². The highest BCUT2D eigenvalue weighted by atomic mass is 15.3. The number of rotatable bonds is 5. The van der Waals surface area contributed by atoms with Crippen molar-refractivity contribution < 1.29 is 0 Å². The van der Waals surface area contributed by atoms with Gasteiger partial charge in [0.1, 0.15) is 5.82 Å². The van der Waals surface area contributed by atoms with E-state index in [9.17, 15) is 0 Å². The van der Waals surface area contributed by atoms with Gasteiger partial charge in [-0.15, -0.1) is 5.10 Å². The number of hydrogen-bond donors (Lipinski definition) is 2. The van der Waals surface area contributed by atoms with Crippen molar-refractivity contribution in [3.05, 3.63) is 30.7 Å². The number of nitrogen functional groups attached to an aromatic ring is 2. The number of fused-ring (bicyclic) bond motifs is 1. The Hall–Kier alpha value is -2.70. The summed E-state index contributed by atoms with van der Waals surface area (Å²) in [4.78, 5) is 12.1. The van der Waals surface area contributed by atoms with Crippen LogP contribution in [0.5, 0.6) is 0 Å². The van der Waals surface area contributed by atoms with Crippen molar-refractivity contribution in [2.45, 2.75) is 105 Å². The van der Waals surface area contributed by atoms with E-state index < -0.39 is 0 Å². The Morgan fingerprint density at radius 1 is 0.727 bits per heavy atom. The van der Waals surface area contributed by atoms with E-state index >= 15 is 0 Å². The molecule has 0 atom stereocenters. The minimum absolute atomic E-state index is 0.232. The molecule has 0 radical (unpaired) electrons. The molecule has 33 heavy (non-hydrogen) atoms. The smallest absolute Gasteiger partial charge is 0.219 e. The minimum atomic E-state index is 0.232. The fraction of sp³-hybridized carbons (Fsp3) is 0.615. The molecule has 0 aliphatic heterocycles. The van der Waals surface area contributed by atoms with E-state index in [1.807, 2.05) is 0 Å². The van der Waals surface area contributed by atoms with Gasteiger partial charge in [-0.2, -0.15) is 0 Å². The van der Waals surface area contributed by atoms with Crippen molar-refractivity contribution in [1.82, 2.24) is 24.6 Å². The van der Waals surface area contributed by atoms with E-state index in [0.717, 1.165) is 11.3 Å². The third-order valence-electron chi connectivity index (χ3n) is 5.06. The van der Waals surface area contributed by atoms with Crippen molar-refractivity contribution in [2.75, 3.05) is 11.5 Å². The summed E-state index contributed by atoms with van der Waals surface area (Å²) in [6.45, 7) is 8.74. The van der Waals surface area contributed by atoms with Crippen molar-refractivity contribution in [3.8, 4) is 11.3 Å². The molecule has 7 heteroatoms. The molecule has 0 unspecified atom stereocenters. The van der Waals surface area contributed by atoms with Crippen molar-refractivity contribution in [2.24, 2.45) is 0 Å². The molecule has 0 saturated heterocycles. The Kier molecular flexibility index (Phi) is 15.3. The summed E-state index contributed by atoms with van der Waals surface area (Å²) in [6.07, 6.45) is 22.2. The maximum Gasteiger partial charge on any atom is 0.219 e. The van der Waals surface area contributed by atoms with Gasteiger partial charge in [-0.05, 0) is 12.1 Å². The zero-order valence-electron chi connectivity index (χ0n) is 21.3. The first-order chi connectivity index (χ1) is 16.1. The van der Waals surface area contributed by atoms with Gasteiger partial charge in [-0.25, -0.2) is 19.5 Å². The number of hydrogen-bond acceptors (Lipinski definition) is 6. The summed E-state index contributed by atoms with van der Waals surface area (Å²) in [5, 5.41) is 4.18. The van der Waals surface area contributed by atoms with Crippen LogP contribution in [0.15, 0.2) is 30.7 Å². The third kappa shape index (κ3) is 11.6. The first-order valence-corrected chi connectivity index (χ1v) is 12.7. The van der Waals surface area contributed by atoms with Gasteiger partial charge < -0.3 is 11.5 Å². The van der Waals surface area contributed by atoms with E-state index in [1.165, 1.54) is 77.0 Å². The van der Waals surface area contributed by atoms with Gasteiger partial charge in [0, 0.05) is 18.0 Å². The lowest BCUT2D eigenvalue weighted by Gasteiger charge is -2.05. The van der Waals surface area contributed by atoms with E-state index in [-0.39, 0.29) is 5.95 Å². The number of imidazole rings is 1. The van der Waals surface area contributed by atoms with Crippen LogP contribution in [0.4, 0.5) is 11.8 Å². The lowest BCUT2D eigenvalue weighted by Crippen LogP contribution is -2.00. The maximum absolute atomic E-state index is 5.64. The van der Waals surface area contributed by atoms with Crippen molar-refractivity contribution >= 4 is 17.4 Å². The Bertz CT molecular complexity index is 839. The Balaban J connectivity index is 0.000000282. The van der Waals surface area contributed by atoms with Gasteiger partial charge in [0.15, 0.2) is 5.65 Å². The molecule has 1 saturated carbocycles. The van der Waals surface area contributed by atoms with Gasteiger partial charge in [0.05, 0.1) is 11.9 Å². The molecular formula is C26H45N7. The van der Waals surface area contributed by atoms with Crippen molar-refractivity contribution in [3.63, 3.8) is 0 Å². The Morgan fingerprint density at radius 2 is 1.24 bits per heavy atom. The van der Waals surface area contributed by atoms with Crippen LogP contribution >= 0.6 is 0 Å². The minimum Gasteiger partial charge on any atom is -0.382 e. The van der Waals surface area contributed by atoms with Gasteiger partial charge in [0.2, 0.25) is 5.95 Å². The highest BCUT2D eigenvalue weighted by molar-refractivity contribution is 5.62. The lowest BCUT2D eigenvalue weighted by atomic mass is 10.0. The normalized spacial score (nSPS) is 12.5. The average Bonchev–Trinajstić information content (AvgIpc) is 3.25. The summed E-state index contributed by atoms with van der Waals surface area (Å²) in [7, 11) is 0. The molecule has 0 spiro atoms. The van der Waals surface area contributed by atoms with Gasteiger partial charge >= 0.3 is 0 Å². The van der Waals surface area contributed by atoms with Crippen LogP contribution in [0.2, 0.25) is 0 Å². The standard InChI is InChI=1S/C10H9N7.C7H16.C6H12.C3H8/c11-8-1-2-9-13-5-7(17(9)16-8)6-3-14-10(12)15-4-6;1-3-5-7-6-4-2;1-2-4-6-5-3-1;1-3-2/h1-5H,(H2,11,16)(H2,12,14,15);3-7H2,1-2H3;1-6H2;3H2,1-2H3. The summed E-state index contributed by atoms with van der Waals surface area (Å²) in [5.74, 6) is 0.656. The Labute approximate surface area is 200 Å².